The van der Waals surface area contributed by atoms with Crippen LogP contribution in [-0.4, -0.2) is 52.7 Å². The van der Waals surface area contributed by atoms with E-state index in [1.165, 1.54) is 4.90 Å². The second-order valence-electron chi connectivity index (χ2n) is 10.0. The monoisotopic (exact) mass is 531 g/mol. The van der Waals surface area contributed by atoms with Gasteiger partial charge in [-0.2, -0.15) is 0 Å². The molecule has 9 heteroatoms. The van der Waals surface area contributed by atoms with Crippen molar-refractivity contribution in [2.45, 2.75) is 72.6 Å². The number of hydrogen-bond donors (Lipinski definition) is 3. The van der Waals surface area contributed by atoms with Crippen molar-refractivity contribution in [3.8, 4) is 0 Å². The van der Waals surface area contributed by atoms with Gasteiger partial charge in [-0.3, -0.25) is 9.59 Å². The first kappa shape index (κ1) is 30.1. The van der Waals surface area contributed by atoms with Crippen molar-refractivity contribution in [1.29, 1.82) is 0 Å². The number of carbonyl (C=O) groups excluding carboxylic acids is 3. The minimum atomic E-state index is -1.30. The van der Waals surface area contributed by atoms with Crippen molar-refractivity contribution in [3.05, 3.63) is 63.7 Å². The van der Waals surface area contributed by atoms with Crippen LogP contribution in [-0.2, 0) is 14.3 Å². The normalized spacial score (nSPS) is 12.9. The summed E-state index contributed by atoms with van der Waals surface area (Å²) in [7, 11) is 0. The summed E-state index contributed by atoms with van der Waals surface area (Å²) in [6.07, 6.45) is -0.299. The standard InChI is InChI=1S/C28H38ClN3O5/c1-8-15-32(26(35)22(16-33)30-27(36)37-28(5,6)7)24(20-13-9-11-17(2)19(20)4)25(34)31-23-18(3)12-10-14-21(23)29/h9-14,22,24,33H,8,15-16H2,1-7H3,(H,30,36)(H,31,34). The predicted molar refractivity (Wildman–Crippen MR) is 146 cm³/mol. The number of ether oxygens (including phenoxy) is 1. The minimum absolute atomic E-state index is 0.207. The molecule has 0 saturated carbocycles. The number of benzene rings is 2. The molecule has 0 aliphatic carbocycles. The van der Waals surface area contributed by atoms with Crippen LogP contribution >= 0.6 is 11.6 Å². The van der Waals surface area contributed by atoms with E-state index in [4.69, 9.17) is 16.3 Å². The van der Waals surface area contributed by atoms with Gasteiger partial charge in [0.15, 0.2) is 0 Å². The molecule has 3 N–H and O–H groups in total. The van der Waals surface area contributed by atoms with E-state index < -0.39 is 42.2 Å². The maximum absolute atomic E-state index is 13.9. The van der Waals surface area contributed by atoms with Gasteiger partial charge in [-0.25, -0.2) is 4.79 Å². The van der Waals surface area contributed by atoms with E-state index in [-0.39, 0.29) is 6.54 Å². The largest absolute Gasteiger partial charge is 0.444 e. The molecule has 2 unspecified atom stereocenters. The van der Waals surface area contributed by atoms with Gasteiger partial charge < -0.3 is 25.4 Å². The lowest BCUT2D eigenvalue weighted by Gasteiger charge is -2.35. The Labute approximate surface area is 224 Å². The van der Waals surface area contributed by atoms with E-state index >= 15 is 0 Å². The molecule has 0 heterocycles. The van der Waals surface area contributed by atoms with Crippen LogP contribution in [0.4, 0.5) is 10.5 Å². The fourth-order valence-electron chi connectivity index (χ4n) is 3.95. The Balaban J connectivity index is 2.54. The van der Waals surface area contributed by atoms with Crippen LogP contribution in [0.15, 0.2) is 36.4 Å². The van der Waals surface area contributed by atoms with Crippen molar-refractivity contribution < 1.29 is 24.2 Å². The fraction of sp³-hybridized carbons (Fsp3) is 0.464. The predicted octanol–water partition coefficient (Wildman–Crippen LogP) is 5.07. The minimum Gasteiger partial charge on any atom is -0.444 e. The van der Waals surface area contributed by atoms with Gasteiger partial charge >= 0.3 is 6.09 Å². The van der Waals surface area contributed by atoms with Crippen LogP contribution in [0.1, 0.15) is 62.4 Å². The molecule has 0 aliphatic heterocycles. The van der Waals surface area contributed by atoms with E-state index in [1.807, 2.05) is 45.9 Å². The smallest absolute Gasteiger partial charge is 0.408 e. The summed E-state index contributed by atoms with van der Waals surface area (Å²) in [5.41, 5.74) is 2.89. The Kier molecular flexibility index (Phi) is 10.5. The first-order valence-corrected chi connectivity index (χ1v) is 12.7. The van der Waals surface area contributed by atoms with Gasteiger partial charge in [0.2, 0.25) is 5.91 Å². The summed E-state index contributed by atoms with van der Waals surface area (Å²) in [5.74, 6) is -1.06. The maximum Gasteiger partial charge on any atom is 0.408 e. The number of rotatable bonds is 9. The number of nitrogens with one attached hydrogen (secondary N) is 2. The van der Waals surface area contributed by atoms with E-state index in [0.717, 1.165) is 16.7 Å². The van der Waals surface area contributed by atoms with Gasteiger partial charge in [-0.1, -0.05) is 48.9 Å². The number of nitrogens with zero attached hydrogens (tertiary/aromatic N) is 1. The summed E-state index contributed by atoms with van der Waals surface area (Å²) in [6, 6.07) is 8.51. The maximum atomic E-state index is 13.9. The van der Waals surface area contributed by atoms with Crippen molar-refractivity contribution in [2.24, 2.45) is 0 Å². The highest BCUT2D eigenvalue weighted by molar-refractivity contribution is 6.34. The molecule has 0 aromatic heterocycles. The SMILES string of the molecule is CCCN(C(=O)C(CO)NC(=O)OC(C)(C)C)C(C(=O)Nc1c(C)cccc1Cl)c1cccc(C)c1C. The van der Waals surface area contributed by atoms with Crippen molar-refractivity contribution >= 4 is 35.2 Å². The molecule has 202 valence electrons. The molecular formula is C28H38ClN3O5. The van der Waals surface area contributed by atoms with E-state index in [2.05, 4.69) is 10.6 Å². The average molecular weight is 532 g/mol. The summed E-state index contributed by atoms with van der Waals surface area (Å²) in [4.78, 5) is 41.4. The molecule has 0 bridgehead atoms. The summed E-state index contributed by atoms with van der Waals surface area (Å²) < 4.78 is 5.27. The van der Waals surface area contributed by atoms with Gasteiger partial charge in [0, 0.05) is 6.54 Å². The van der Waals surface area contributed by atoms with Crippen molar-refractivity contribution in [2.75, 3.05) is 18.5 Å². The first-order valence-electron chi connectivity index (χ1n) is 12.3. The number of aryl methyl sites for hydroxylation is 2. The third kappa shape index (κ3) is 7.94. The summed E-state index contributed by atoms with van der Waals surface area (Å²) in [5, 5.41) is 15.8. The number of halogens is 1. The van der Waals surface area contributed by atoms with Crippen LogP contribution in [0, 0.1) is 20.8 Å². The molecule has 3 amide bonds. The Morgan fingerprint density at radius 3 is 2.24 bits per heavy atom. The van der Waals surface area contributed by atoms with Gasteiger partial charge in [0.05, 0.1) is 17.3 Å². The Bertz CT molecular complexity index is 1110. The van der Waals surface area contributed by atoms with Gasteiger partial charge in [-0.15, -0.1) is 0 Å². The zero-order chi connectivity index (χ0) is 27.9. The molecule has 0 saturated heterocycles. The number of alkyl carbamates (subject to hydrolysis) is 1. The summed E-state index contributed by atoms with van der Waals surface area (Å²) >= 11 is 6.38. The lowest BCUT2D eigenvalue weighted by Crippen LogP contribution is -2.54. The lowest BCUT2D eigenvalue weighted by molar-refractivity contribution is -0.141. The molecule has 37 heavy (non-hydrogen) atoms. The van der Waals surface area contributed by atoms with E-state index in [0.29, 0.717) is 22.7 Å². The molecule has 8 nitrogen and oxygen atoms in total. The quantitative estimate of drug-likeness (QED) is 0.418. The second kappa shape index (κ2) is 12.9. The summed E-state index contributed by atoms with van der Waals surface area (Å²) in [6.45, 7) is 12.2. The van der Waals surface area contributed by atoms with Crippen molar-refractivity contribution in [3.63, 3.8) is 0 Å². The number of hydrogen-bond acceptors (Lipinski definition) is 5. The van der Waals surface area contributed by atoms with Crippen LogP contribution in [0.2, 0.25) is 5.02 Å². The van der Waals surface area contributed by atoms with E-state index in [1.54, 1.807) is 39.0 Å². The van der Waals surface area contributed by atoms with Gasteiger partial charge in [0.25, 0.3) is 5.91 Å². The number of para-hydroxylation sites is 1. The van der Waals surface area contributed by atoms with Gasteiger partial charge in [-0.05, 0) is 76.3 Å². The molecule has 2 rings (SSSR count). The zero-order valence-electron chi connectivity index (χ0n) is 22.6. The highest BCUT2D eigenvalue weighted by Crippen LogP contribution is 2.31. The number of anilines is 1. The molecule has 0 spiro atoms. The van der Waals surface area contributed by atoms with E-state index in [9.17, 15) is 19.5 Å². The average Bonchev–Trinajstić information content (AvgIpc) is 2.80. The lowest BCUT2D eigenvalue weighted by atomic mass is 9.94. The van der Waals surface area contributed by atoms with Gasteiger partial charge in [0.1, 0.15) is 17.7 Å². The molecule has 2 atom stereocenters. The Morgan fingerprint density at radius 2 is 1.68 bits per heavy atom. The molecule has 0 radical (unpaired) electrons. The number of carbonyl (C=O) groups is 3. The Morgan fingerprint density at radius 1 is 1.05 bits per heavy atom. The number of aliphatic hydroxyl groups is 1. The third-order valence-electron chi connectivity index (χ3n) is 5.89. The molecule has 0 fully saturated rings. The molecule has 0 aliphatic rings. The second-order valence-corrected chi connectivity index (χ2v) is 10.4. The molecule has 2 aromatic rings. The number of aliphatic hydroxyl groups excluding tert-OH is 1. The molecular weight excluding hydrogens is 494 g/mol. The third-order valence-corrected chi connectivity index (χ3v) is 6.21. The fourth-order valence-corrected chi connectivity index (χ4v) is 4.21. The van der Waals surface area contributed by atoms with Crippen LogP contribution < -0.4 is 10.6 Å². The first-order chi connectivity index (χ1) is 17.3. The molecule has 2 aromatic carbocycles. The van der Waals surface area contributed by atoms with Crippen LogP contribution in [0.3, 0.4) is 0 Å². The van der Waals surface area contributed by atoms with Crippen LogP contribution in [0.5, 0.6) is 0 Å². The highest BCUT2D eigenvalue weighted by Gasteiger charge is 2.37. The number of amides is 3. The topological polar surface area (TPSA) is 108 Å². The van der Waals surface area contributed by atoms with Crippen molar-refractivity contribution in [1.82, 2.24) is 10.2 Å². The van der Waals surface area contributed by atoms with Crippen LogP contribution in [0.25, 0.3) is 0 Å². The zero-order valence-corrected chi connectivity index (χ0v) is 23.4. The highest BCUT2D eigenvalue weighted by atomic mass is 35.5. The Hall–Kier alpha value is -3.10.